The summed E-state index contributed by atoms with van der Waals surface area (Å²) in [5.41, 5.74) is 1.42. The van der Waals surface area contributed by atoms with E-state index in [4.69, 9.17) is 14.2 Å². The Balaban J connectivity index is 2.20. The van der Waals surface area contributed by atoms with Gasteiger partial charge in [0.05, 0.1) is 13.0 Å². The Morgan fingerprint density at radius 2 is 1.17 bits per heavy atom. The molecule has 0 saturated carbocycles. The number of hydrogen-bond acceptors (Lipinski definition) is 7. The van der Waals surface area contributed by atoms with Gasteiger partial charge in [0.2, 0.25) is 0 Å². The van der Waals surface area contributed by atoms with Crippen LogP contribution >= 0.6 is 0 Å². The van der Waals surface area contributed by atoms with E-state index < -0.39 is 29.7 Å². The van der Waals surface area contributed by atoms with Crippen LogP contribution in [-0.4, -0.2) is 30.8 Å². The van der Waals surface area contributed by atoms with E-state index in [9.17, 15) is 19.2 Å². The number of hydrogen-bond donors (Lipinski definition) is 0. The van der Waals surface area contributed by atoms with E-state index in [1.165, 1.54) is 6.92 Å². The van der Waals surface area contributed by atoms with E-state index in [0.29, 0.717) is 11.1 Å². The number of Topliss-reactive ketones (excluding diaryl/α,β-unsaturated/α-hetero) is 1. The minimum Gasteiger partial charge on any atom is -0.469 e. The van der Waals surface area contributed by atoms with Crippen molar-refractivity contribution >= 4 is 23.7 Å². The standard InChI is InChI=1S/C23H24O7/c1-16(24)13-19(21(25)28-2)20(22(26)29-14-17-9-5-3-6-10-17)23(27)30-15-18-11-7-4-8-12-18/h3-12,19-20H,13-15H2,1-2H3/t19-/m1/s1. The molecule has 2 aromatic carbocycles. The summed E-state index contributed by atoms with van der Waals surface area (Å²) >= 11 is 0. The van der Waals surface area contributed by atoms with E-state index in [1.54, 1.807) is 48.5 Å². The first-order chi connectivity index (χ1) is 14.4. The molecule has 30 heavy (non-hydrogen) atoms. The van der Waals surface area contributed by atoms with Gasteiger partial charge in [0, 0.05) is 6.42 Å². The molecule has 1 atom stereocenters. The third-order valence-corrected chi connectivity index (χ3v) is 4.37. The van der Waals surface area contributed by atoms with Crippen LogP contribution < -0.4 is 0 Å². The van der Waals surface area contributed by atoms with E-state index >= 15 is 0 Å². The van der Waals surface area contributed by atoms with Gasteiger partial charge in [-0.05, 0) is 18.1 Å². The second kappa shape index (κ2) is 11.5. The second-order valence-corrected chi connectivity index (χ2v) is 6.70. The molecular formula is C23H24O7. The third kappa shape index (κ3) is 6.84. The molecule has 0 heterocycles. The Morgan fingerprint density at radius 1 is 0.733 bits per heavy atom. The largest absolute Gasteiger partial charge is 0.469 e. The molecule has 0 unspecified atom stereocenters. The van der Waals surface area contributed by atoms with Crippen LogP contribution in [0.1, 0.15) is 24.5 Å². The van der Waals surface area contributed by atoms with Crippen LogP contribution in [0.5, 0.6) is 0 Å². The van der Waals surface area contributed by atoms with Gasteiger partial charge in [0.15, 0.2) is 5.92 Å². The lowest BCUT2D eigenvalue weighted by molar-refractivity contribution is -0.172. The number of benzene rings is 2. The summed E-state index contributed by atoms with van der Waals surface area (Å²) in [5.74, 6) is -6.08. The Bertz CT molecular complexity index is 806. The highest BCUT2D eigenvalue weighted by Gasteiger charge is 2.43. The van der Waals surface area contributed by atoms with E-state index in [-0.39, 0.29) is 25.4 Å². The maximum Gasteiger partial charge on any atom is 0.321 e. The van der Waals surface area contributed by atoms with Crippen molar-refractivity contribution < 1.29 is 33.4 Å². The summed E-state index contributed by atoms with van der Waals surface area (Å²) in [4.78, 5) is 49.5. The van der Waals surface area contributed by atoms with Crippen LogP contribution in [0.4, 0.5) is 0 Å². The zero-order valence-corrected chi connectivity index (χ0v) is 16.9. The maximum atomic E-state index is 12.8. The predicted molar refractivity (Wildman–Crippen MR) is 107 cm³/mol. The number of carbonyl (C=O) groups is 4. The molecule has 2 rings (SSSR count). The van der Waals surface area contributed by atoms with Crippen molar-refractivity contribution in [1.82, 2.24) is 0 Å². The molecule has 0 saturated heterocycles. The van der Waals surface area contributed by atoms with Crippen LogP contribution in [-0.2, 0) is 46.6 Å². The van der Waals surface area contributed by atoms with Crippen LogP contribution in [0, 0.1) is 11.8 Å². The monoisotopic (exact) mass is 412 g/mol. The van der Waals surface area contributed by atoms with Crippen LogP contribution in [0.25, 0.3) is 0 Å². The van der Waals surface area contributed by atoms with Crippen molar-refractivity contribution in [1.29, 1.82) is 0 Å². The zero-order chi connectivity index (χ0) is 21.9. The fourth-order valence-corrected chi connectivity index (χ4v) is 2.86. The van der Waals surface area contributed by atoms with Crippen molar-refractivity contribution in [3.63, 3.8) is 0 Å². The lowest BCUT2D eigenvalue weighted by Crippen LogP contribution is -2.39. The fraction of sp³-hybridized carbons (Fsp3) is 0.304. The Morgan fingerprint density at radius 3 is 1.53 bits per heavy atom. The van der Waals surface area contributed by atoms with Crippen LogP contribution in [0.3, 0.4) is 0 Å². The predicted octanol–water partition coefficient (Wildman–Crippen LogP) is 2.86. The van der Waals surface area contributed by atoms with E-state index in [0.717, 1.165) is 7.11 Å². The summed E-state index contributed by atoms with van der Waals surface area (Å²) in [6.07, 6.45) is -0.349. The Hall–Kier alpha value is -3.48. The second-order valence-electron chi connectivity index (χ2n) is 6.70. The number of carbonyl (C=O) groups excluding carboxylic acids is 4. The van der Waals surface area contributed by atoms with Gasteiger partial charge < -0.3 is 19.0 Å². The SMILES string of the molecule is COC(=O)[C@H](CC(C)=O)C(C(=O)OCc1ccccc1)C(=O)OCc1ccccc1. The van der Waals surface area contributed by atoms with Gasteiger partial charge in [-0.1, -0.05) is 60.7 Å². The summed E-state index contributed by atoms with van der Waals surface area (Å²) in [6, 6.07) is 17.8. The average Bonchev–Trinajstić information content (AvgIpc) is 2.76. The molecule has 2 aromatic rings. The van der Waals surface area contributed by atoms with E-state index in [1.807, 2.05) is 12.1 Å². The summed E-state index contributed by atoms with van der Waals surface area (Å²) in [7, 11) is 1.12. The van der Waals surface area contributed by atoms with Crippen molar-refractivity contribution in [2.75, 3.05) is 7.11 Å². The fourth-order valence-electron chi connectivity index (χ4n) is 2.86. The smallest absolute Gasteiger partial charge is 0.321 e. The normalized spacial score (nSPS) is 11.4. The van der Waals surface area contributed by atoms with Gasteiger partial charge in [-0.3, -0.25) is 14.4 Å². The highest BCUT2D eigenvalue weighted by Crippen LogP contribution is 2.23. The summed E-state index contributed by atoms with van der Waals surface area (Å²) in [6.45, 7) is 1.09. The minimum absolute atomic E-state index is 0.0872. The topological polar surface area (TPSA) is 96.0 Å². The third-order valence-electron chi connectivity index (χ3n) is 4.37. The Labute approximate surface area is 174 Å². The first-order valence-corrected chi connectivity index (χ1v) is 9.40. The summed E-state index contributed by atoms with van der Waals surface area (Å²) in [5, 5.41) is 0. The molecule has 0 spiro atoms. The van der Waals surface area contributed by atoms with Gasteiger partial charge >= 0.3 is 17.9 Å². The molecule has 0 N–H and O–H groups in total. The van der Waals surface area contributed by atoms with Crippen molar-refractivity contribution in [2.45, 2.75) is 26.6 Å². The maximum absolute atomic E-state index is 12.8. The highest BCUT2D eigenvalue weighted by molar-refractivity contribution is 6.00. The molecule has 7 nitrogen and oxygen atoms in total. The van der Waals surface area contributed by atoms with Gasteiger partial charge in [-0.2, -0.15) is 0 Å². The van der Waals surface area contributed by atoms with Crippen molar-refractivity contribution in [3.8, 4) is 0 Å². The number of ether oxygens (including phenoxy) is 3. The number of esters is 3. The quantitative estimate of drug-likeness (QED) is 0.336. The first-order valence-electron chi connectivity index (χ1n) is 9.40. The molecule has 0 amide bonds. The number of rotatable bonds is 10. The minimum atomic E-state index is -1.62. The van der Waals surface area contributed by atoms with E-state index in [2.05, 4.69) is 0 Å². The molecule has 0 aliphatic heterocycles. The molecular weight excluding hydrogens is 388 g/mol. The molecule has 0 aliphatic carbocycles. The van der Waals surface area contributed by atoms with Crippen LogP contribution in [0.2, 0.25) is 0 Å². The molecule has 0 aliphatic rings. The average molecular weight is 412 g/mol. The highest BCUT2D eigenvalue weighted by atomic mass is 16.6. The van der Waals surface area contributed by atoms with Gasteiger partial charge in [-0.25, -0.2) is 0 Å². The molecule has 0 radical (unpaired) electrons. The lowest BCUT2D eigenvalue weighted by atomic mass is 9.88. The van der Waals surface area contributed by atoms with Crippen LogP contribution in [0.15, 0.2) is 60.7 Å². The molecule has 0 bridgehead atoms. The van der Waals surface area contributed by atoms with Gasteiger partial charge in [0.1, 0.15) is 19.0 Å². The van der Waals surface area contributed by atoms with Crippen molar-refractivity contribution in [2.24, 2.45) is 11.8 Å². The number of methoxy groups -OCH3 is 1. The zero-order valence-electron chi connectivity index (χ0n) is 16.9. The number of ketones is 1. The first kappa shape index (κ1) is 22.8. The molecule has 0 fully saturated rings. The lowest BCUT2D eigenvalue weighted by Gasteiger charge is -2.22. The van der Waals surface area contributed by atoms with Gasteiger partial charge in [0.25, 0.3) is 0 Å². The molecule has 7 heteroatoms. The van der Waals surface area contributed by atoms with Crippen molar-refractivity contribution in [3.05, 3.63) is 71.8 Å². The summed E-state index contributed by atoms with van der Waals surface area (Å²) < 4.78 is 15.2. The van der Waals surface area contributed by atoms with Gasteiger partial charge in [-0.15, -0.1) is 0 Å². The molecule has 0 aromatic heterocycles. The molecule has 158 valence electrons. The Kier molecular flexibility index (Phi) is 8.75.